The molecule has 1 aliphatic rings. The molecule has 0 radical (unpaired) electrons. The van der Waals surface area contributed by atoms with Crippen LogP contribution in [0, 0.1) is 5.82 Å². The zero-order valence-electron chi connectivity index (χ0n) is 15.6. The molecule has 1 fully saturated rings. The van der Waals surface area contributed by atoms with Crippen LogP contribution in [0.3, 0.4) is 0 Å². The molecule has 0 spiro atoms. The highest BCUT2D eigenvalue weighted by Gasteiger charge is 2.26. The molecular weight excluding hydrogens is 375 g/mol. The number of benzene rings is 2. The van der Waals surface area contributed by atoms with Gasteiger partial charge < -0.3 is 4.90 Å². The molecule has 1 atom stereocenters. The zero-order valence-corrected chi connectivity index (χ0v) is 16.4. The van der Waals surface area contributed by atoms with Gasteiger partial charge in [0.15, 0.2) is 11.0 Å². The van der Waals surface area contributed by atoms with Crippen molar-refractivity contribution in [2.75, 3.05) is 13.1 Å². The molecule has 1 unspecified atom stereocenters. The molecule has 0 saturated carbocycles. The SMILES string of the molecule is CC(Sc1nnc(-c2ccccc2)n1-c1ccc(F)cc1)C(=O)N1CCCC1. The molecule has 0 aliphatic carbocycles. The number of likely N-dealkylation sites (tertiary alicyclic amines) is 1. The lowest BCUT2D eigenvalue weighted by Crippen LogP contribution is -2.34. The maximum absolute atomic E-state index is 13.4. The summed E-state index contributed by atoms with van der Waals surface area (Å²) in [6.45, 7) is 3.55. The Bertz CT molecular complexity index is 952. The van der Waals surface area contributed by atoms with Gasteiger partial charge in [0.25, 0.3) is 0 Å². The Balaban J connectivity index is 1.69. The van der Waals surface area contributed by atoms with Gasteiger partial charge in [-0.15, -0.1) is 10.2 Å². The topological polar surface area (TPSA) is 51.0 Å². The summed E-state index contributed by atoms with van der Waals surface area (Å²) in [4.78, 5) is 14.6. The third-order valence-corrected chi connectivity index (χ3v) is 5.83. The van der Waals surface area contributed by atoms with Crippen LogP contribution in [0.15, 0.2) is 59.8 Å². The van der Waals surface area contributed by atoms with Gasteiger partial charge in [-0.2, -0.15) is 0 Å². The molecule has 2 heterocycles. The van der Waals surface area contributed by atoms with Crippen molar-refractivity contribution in [3.63, 3.8) is 0 Å². The summed E-state index contributed by atoms with van der Waals surface area (Å²) in [5, 5.41) is 9.06. The zero-order chi connectivity index (χ0) is 19.5. The predicted molar refractivity (Wildman–Crippen MR) is 108 cm³/mol. The fraction of sp³-hybridized carbons (Fsp3) is 0.286. The first kappa shape index (κ1) is 18.7. The number of rotatable bonds is 5. The number of hydrogen-bond acceptors (Lipinski definition) is 4. The molecule has 2 aromatic carbocycles. The van der Waals surface area contributed by atoms with Crippen LogP contribution < -0.4 is 0 Å². The van der Waals surface area contributed by atoms with Crippen molar-refractivity contribution in [3.05, 3.63) is 60.4 Å². The van der Waals surface area contributed by atoms with E-state index in [0.717, 1.165) is 37.2 Å². The molecule has 4 rings (SSSR count). The van der Waals surface area contributed by atoms with E-state index >= 15 is 0 Å². The van der Waals surface area contributed by atoms with Crippen molar-refractivity contribution in [3.8, 4) is 17.1 Å². The van der Waals surface area contributed by atoms with Gasteiger partial charge in [0.2, 0.25) is 5.91 Å². The number of carbonyl (C=O) groups is 1. The first-order valence-corrected chi connectivity index (χ1v) is 10.2. The molecule has 144 valence electrons. The second kappa shape index (κ2) is 8.14. The van der Waals surface area contributed by atoms with Gasteiger partial charge >= 0.3 is 0 Å². The van der Waals surface area contributed by atoms with E-state index in [0.29, 0.717) is 11.0 Å². The van der Waals surface area contributed by atoms with Crippen molar-refractivity contribution in [2.45, 2.75) is 30.2 Å². The summed E-state index contributed by atoms with van der Waals surface area (Å²) in [5.41, 5.74) is 1.67. The molecule has 1 aromatic heterocycles. The molecule has 5 nitrogen and oxygen atoms in total. The number of carbonyl (C=O) groups excluding carboxylic acids is 1. The van der Waals surface area contributed by atoms with E-state index in [1.54, 1.807) is 12.1 Å². The summed E-state index contributed by atoms with van der Waals surface area (Å²) in [6, 6.07) is 15.9. The minimum Gasteiger partial charge on any atom is -0.342 e. The Morgan fingerprint density at radius 1 is 1.04 bits per heavy atom. The van der Waals surface area contributed by atoms with Crippen LogP contribution >= 0.6 is 11.8 Å². The summed E-state index contributed by atoms with van der Waals surface area (Å²) >= 11 is 1.38. The Kier molecular flexibility index (Phi) is 5.43. The van der Waals surface area contributed by atoms with Crippen LogP contribution in [-0.4, -0.2) is 43.9 Å². The van der Waals surface area contributed by atoms with Gasteiger partial charge in [0.05, 0.1) is 5.25 Å². The van der Waals surface area contributed by atoms with Crippen LogP contribution in [0.4, 0.5) is 4.39 Å². The third-order valence-electron chi connectivity index (χ3n) is 4.80. The summed E-state index contributed by atoms with van der Waals surface area (Å²) in [6.07, 6.45) is 2.13. The molecule has 1 amide bonds. The van der Waals surface area contributed by atoms with E-state index in [1.807, 2.05) is 46.7 Å². The Labute approximate surface area is 167 Å². The Hall–Kier alpha value is -2.67. The third kappa shape index (κ3) is 3.80. The molecule has 0 bridgehead atoms. The first-order valence-electron chi connectivity index (χ1n) is 9.36. The monoisotopic (exact) mass is 396 g/mol. The lowest BCUT2D eigenvalue weighted by Gasteiger charge is -2.20. The van der Waals surface area contributed by atoms with Gasteiger partial charge in [0.1, 0.15) is 5.82 Å². The molecular formula is C21H21FN4OS. The average molecular weight is 396 g/mol. The van der Waals surface area contributed by atoms with Gasteiger partial charge in [-0.25, -0.2) is 4.39 Å². The van der Waals surface area contributed by atoms with Crippen molar-refractivity contribution >= 4 is 17.7 Å². The number of thioether (sulfide) groups is 1. The Morgan fingerprint density at radius 3 is 2.39 bits per heavy atom. The summed E-state index contributed by atoms with van der Waals surface area (Å²) in [7, 11) is 0. The van der Waals surface area contributed by atoms with Crippen LogP contribution in [0.1, 0.15) is 19.8 Å². The van der Waals surface area contributed by atoms with Crippen LogP contribution in [0.2, 0.25) is 0 Å². The van der Waals surface area contributed by atoms with Crippen LogP contribution in [-0.2, 0) is 4.79 Å². The summed E-state index contributed by atoms with van der Waals surface area (Å²) in [5.74, 6) is 0.484. The molecule has 1 aliphatic heterocycles. The van der Waals surface area contributed by atoms with Crippen LogP contribution in [0.25, 0.3) is 17.1 Å². The van der Waals surface area contributed by atoms with Crippen molar-refractivity contribution in [1.29, 1.82) is 0 Å². The lowest BCUT2D eigenvalue weighted by atomic mass is 10.2. The second-order valence-electron chi connectivity index (χ2n) is 6.78. The number of hydrogen-bond donors (Lipinski definition) is 0. The maximum atomic E-state index is 13.4. The predicted octanol–water partition coefficient (Wildman–Crippen LogP) is 4.18. The number of nitrogens with zero attached hydrogens (tertiary/aromatic N) is 4. The van der Waals surface area contributed by atoms with Crippen molar-refractivity contribution in [2.24, 2.45) is 0 Å². The lowest BCUT2D eigenvalue weighted by molar-refractivity contribution is -0.129. The van der Waals surface area contributed by atoms with Crippen molar-refractivity contribution < 1.29 is 9.18 Å². The van der Waals surface area contributed by atoms with Crippen LogP contribution in [0.5, 0.6) is 0 Å². The highest BCUT2D eigenvalue weighted by Crippen LogP contribution is 2.31. The van der Waals surface area contributed by atoms with Crippen molar-refractivity contribution in [1.82, 2.24) is 19.7 Å². The van der Waals surface area contributed by atoms with Gasteiger partial charge in [0, 0.05) is 24.3 Å². The fourth-order valence-electron chi connectivity index (χ4n) is 3.35. The van der Waals surface area contributed by atoms with Gasteiger partial charge in [-0.05, 0) is 44.0 Å². The maximum Gasteiger partial charge on any atom is 0.235 e. The largest absolute Gasteiger partial charge is 0.342 e. The van der Waals surface area contributed by atoms with Gasteiger partial charge in [-0.3, -0.25) is 9.36 Å². The first-order chi connectivity index (χ1) is 13.6. The van der Waals surface area contributed by atoms with E-state index < -0.39 is 0 Å². The molecule has 0 N–H and O–H groups in total. The minimum absolute atomic E-state index is 0.123. The quantitative estimate of drug-likeness (QED) is 0.607. The standard InChI is InChI=1S/C21H21FN4OS/c1-15(20(27)25-13-5-6-14-25)28-21-24-23-19(16-7-3-2-4-8-16)26(21)18-11-9-17(22)10-12-18/h2-4,7-12,15H,5-6,13-14H2,1H3. The van der Waals surface area contributed by atoms with E-state index in [1.165, 1.54) is 23.9 Å². The highest BCUT2D eigenvalue weighted by molar-refractivity contribution is 8.00. The molecule has 1 saturated heterocycles. The number of halogens is 1. The smallest absolute Gasteiger partial charge is 0.235 e. The normalized spacial score (nSPS) is 15.0. The molecule has 3 aromatic rings. The molecule has 7 heteroatoms. The average Bonchev–Trinajstić information content (AvgIpc) is 3.39. The fourth-order valence-corrected chi connectivity index (χ4v) is 4.30. The van der Waals surface area contributed by atoms with E-state index in [-0.39, 0.29) is 17.0 Å². The van der Waals surface area contributed by atoms with E-state index in [4.69, 9.17) is 0 Å². The summed E-state index contributed by atoms with van der Waals surface area (Å²) < 4.78 is 15.3. The Morgan fingerprint density at radius 2 is 1.71 bits per heavy atom. The van der Waals surface area contributed by atoms with Gasteiger partial charge in [-0.1, -0.05) is 42.1 Å². The minimum atomic E-state index is -0.301. The molecule has 28 heavy (non-hydrogen) atoms. The highest BCUT2D eigenvalue weighted by atomic mass is 32.2. The number of aromatic nitrogens is 3. The second-order valence-corrected chi connectivity index (χ2v) is 8.08. The van der Waals surface area contributed by atoms with E-state index in [9.17, 15) is 9.18 Å². The number of amides is 1. The van der Waals surface area contributed by atoms with E-state index in [2.05, 4.69) is 10.2 Å².